The first-order valence-electron chi connectivity index (χ1n) is 8.42. The fraction of sp³-hybridized carbons (Fsp3) is 0.688. The summed E-state index contributed by atoms with van der Waals surface area (Å²) in [6.45, 7) is 3.71. The van der Waals surface area contributed by atoms with Gasteiger partial charge in [-0.25, -0.2) is 0 Å². The molecule has 10 nitrogen and oxygen atoms in total. The molecule has 0 saturated heterocycles. The number of carboxylic acids is 1. The first-order chi connectivity index (χ1) is 12.0. The minimum absolute atomic E-state index is 0.0312. The number of rotatable bonds is 13. The zero-order valence-corrected chi connectivity index (χ0v) is 15.1. The van der Waals surface area contributed by atoms with E-state index in [0.29, 0.717) is 19.3 Å². The predicted molar refractivity (Wildman–Crippen MR) is 92.4 cm³/mol. The molecule has 2 atom stereocenters. The van der Waals surface area contributed by atoms with Crippen LogP contribution in [0.15, 0.2) is 0 Å². The fourth-order valence-electron chi connectivity index (χ4n) is 2.23. The molecule has 0 aliphatic heterocycles. The fourth-order valence-corrected chi connectivity index (χ4v) is 2.23. The summed E-state index contributed by atoms with van der Waals surface area (Å²) in [6, 6.07) is -2.15. The normalized spacial score (nSPS) is 12.9. The Morgan fingerprint density at radius 2 is 1.50 bits per heavy atom. The number of carbonyl (C=O) groups is 5. The van der Waals surface area contributed by atoms with E-state index in [-0.39, 0.29) is 18.8 Å². The Bertz CT molecular complexity index is 535. The molecule has 4 amide bonds. The molecule has 0 aromatic heterocycles. The molecular formula is C16H28N4O6. The van der Waals surface area contributed by atoms with E-state index < -0.39 is 48.1 Å². The van der Waals surface area contributed by atoms with Crippen LogP contribution in [0.5, 0.6) is 0 Å². The number of nitrogens with two attached hydrogens (primary N) is 2. The summed E-state index contributed by atoms with van der Waals surface area (Å²) < 4.78 is 0. The number of hydrogen-bond acceptors (Lipinski definition) is 5. The highest BCUT2D eigenvalue weighted by Gasteiger charge is 2.27. The van der Waals surface area contributed by atoms with E-state index in [1.807, 2.05) is 13.8 Å². The van der Waals surface area contributed by atoms with Crippen LogP contribution in [0.2, 0.25) is 0 Å². The molecule has 0 aromatic rings. The van der Waals surface area contributed by atoms with E-state index in [1.165, 1.54) is 0 Å². The van der Waals surface area contributed by atoms with Crippen molar-refractivity contribution in [1.29, 1.82) is 0 Å². The van der Waals surface area contributed by atoms with Crippen molar-refractivity contribution in [2.24, 2.45) is 17.4 Å². The second-order valence-electron chi connectivity index (χ2n) is 6.48. The average molecular weight is 372 g/mol. The van der Waals surface area contributed by atoms with Crippen LogP contribution in [0.4, 0.5) is 0 Å². The molecule has 0 unspecified atom stereocenters. The molecule has 0 aromatic carbocycles. The molecule has 0 fully saturated rings. The molecule has 0 spiro atoms. The molecule has 0 radical (unpaired) electrons. The lowest BCUT2D eigenvalue weighted by atomic mass is 10.0. The zero-order chi connectivity index (χ0) is 20.3. The second kappa shape index (κ2) is 11.8. The van der Waals surface area contributed by atoms with Crippen LogP contribution in [0.1, 0.15) is 52.4 Å². The third kappa shape index (κ3) is 11.0. The van der Waals surface area contributed by atoms with Gasteiger partial charge in [0.2, 0.25) is 23.6 Å². The van der Waals surface area contributed by atoms with E-state index in [0.717, 1.165) is 0 Å². The number of aliphatic carboxylic acids is 1. The number of unbranched alkanes of at least 4 members (excludes halogenated alkanes) is 1. The quantitative estimate of drug-likeness (QED) is 0.259. The first-order valence-corrected chi connectivity index (χ1v) is 8.42. The minimum Gasteiger partial charge on any atom is -0.481 e. The van der Waals surface area contributed by atoms with Crippen molar-refractivity contribution in [2.75, 3.05) is 0 Å². The predicted octanol–water partition coefficient (Wildman–Crippen LogP) is -0.992. The molecule has 0 saturated carbocycles. The van der Waals surface area contributed by atoms with E-state index in [4.69, 9.17) is 16.6 Å². The number of carboxylic acid groups (broad SMARTS) is 1. The van der Waals surface area contributed by atoms with Gasteiger partial charge in [0.25, 0.3) is 0 Å². The average Bonchev–Trinajstić information content (AvgIpc) is 2.49. The summed E-state index contributed by atoms with van der Waals surface area (Å²) in [4.78, 5) is 57.1. The molecule has 0 heterocycles. The lowest BCUT2D eigenvalue weighted by Crippen LogP contribution is -2.54. The Morgan fingerprint density at radius 1 is 0.923 bits per heavy atom. The summed E-state index contributed by atoms with van der Waals surface area (Å²) in [5.41, 5.74) is 10.2. The summed E-state index contributed by atoms with van der Waals surface area (Å²) in [5.74, 6) is -3.60. The van der Waals surface area contributed by atoms with E-state index in [1.54, 1.807) is 0 Å². The maximum atomic E-state index is 12.4. The second-order valence-corrected chi connectivity index (χ2v) is 6.48. The van der Waals surface area contributed by atoms with Crippen molar-refractivity contribution in [3.63, 3.8) is 0 Å². The highest BCUT2D eigenvalue weighted by Crippen LogP contribution is 2.07. The molecular weight excluding hydrogens is 344 g/mol. The largest absolute Gasteiger partial charge is 0.481 e. The number of nitrogens with one attached hydrogen (secondary N) is 2. The van der Waals surface area contributed by atoms with Crippen molar-refractivity contribution >= 4 is 29.6 Å². The van der Waals surface area contributed by atoms with Gasteiger partial charge in [-0.2, -0.15) is 0 Å². The van der Waals surface area contributed by atoms with Gasteiger partial charge in [0.15, 0.2) is 0 Å². The monoisotopic (exact) mass is 372 g/mol. The molecule has 10 heteroatoms. The summed E-state index contributed by atoms with van der Waals surface area (Å²) in [6.07, 6.45) is 0.658. The van der Waals surface area contributed by atoms with Crippen LogP contribution in [-0.2, 0) is 24.0 Å². The summed E-state index contributed by atoms with van der Waals surface area (Å²) >= 11 is 0. The minimum atomic E-state index is -1.25. The number of amides is 4. The maximum Gasteiger partial charge on any atom is 0.303 e. The molecule has 0 aliphatic carbocycles. The van der Waals surface area contributed by atoms with Crippen LogP contribution in [-0.4, -0.2) is 46.8 Å². The third-order valence-electron chi connectivity index (χ3n) is 3.47. The van der Waals surface area contributed by atoms with Gasteiger partial charge in [-0.1, -0.05) is 13.8 Å². The lowest BCUT2D eigenvalue weighted by Gasteiger charge is -2.22. The molecule has 0 aliphatic rings. The lowest BCUT2D eigenvalue weighted by molar-refractivity contribution is -0.137. The van der Waals surface area contributed by atoms with Gasteiger partial charge in [0.1, 0.15) is 12.1 Å². The highest BCUT2D eigenvalue weighted by molar-refractivity contribution is 5.93. The van der Waals surface area contributed by atoms with Crippen molar-refractivity contribution in [1.82, 2.24) is 10.6 Å². The topological polar surface area (TPSA) is 182 Å². The molecule has 0 bridgehead atoms. The molecule has 148 valence electrons. The van der Waals surface area contributed by atoms with Crippen molar-refractivity contribution < 1.29 is 29.1 Å². The Morgan fingerprint density at radius 3 is 1.96 bits per heavy atom. The van der Waals surface area contributed by atoms with Crippen molar-refractivity contribution in [3.05, 3.63) is 0 Å². The molecule has 7 N–H and O–H groups in total. The van der Waals surface area contributed by atoms with Crippen molar-refractivity contribution in [3.8, 4) is 0 Å². The van der Waals surface area contributed by atoms with Gasteiger partial charge in [-0.3, -0.25) is 24.0 Å². The number of primary amides is 2. The summed E-state index contributed by atoms with van der Waals surface area (Å²) in [5, 5.41) is 13.5. The van der Waals surface area contributed by atoms with Gasteiger partial charge in [-0.15, -0.1) is 0 Å². The highest BCUT2D eigenvalue weighted by atomic mass is 16.4. The van der Waals surface area contributed by atoms with Gasteiger partial charge in [-0.05, 0) is 25.2 Å². The Kier molecular flexibility index (Phi) is 10.6. The van der Waals surface area contributed by atoms with Crippen LogP contribution in [0.3, 0.4) is 0 Å². The first kappa shape index (κ1) is 23.4. The Balaban J connectivity index is 4.76. The van der Waals surface area contributed by atoms with Gasteiger partial charge >= 0.3 is 5.97 Å². The maximum absolute atomic E-state index is 12.4. The van der Waals surface area contributed by atoms with Crippen LogP contribution in [0, 0.1) is 5.92 Å². The molecule has 26 heavy (non-hydrogen) atoms. The summed E-state index contributed by atoms with van der Waals surface area (Å²) in [7, 11) is 0. The number of carbonyl (C=O) groups excluding carboxylic acids is 4. The van der Waals surface area contributed by atoms with Crippen LogP contribution < -0.4 is 22.1 Å². The SMILES string of the molecule is CC(C)C[C@H](NC(=O)CCCCC(=O)O)C(=O)N[C@@H](CC(N)=O)C(N)=O. The van der Waals surface area contributed by atoms with E-state index >= 15 is 0 Å². The molecule has 0 rings (SSSR count). The Labute approximate surface area is 152 Å². The van der Waals surface area contributed by atoms with Crippen LogP contribution >= 0.6 is 0 Å². The van der Waals surface area contributed by atoms with Gasteiger partial charge in [0.05, 0.1) is 6.42 Å². The van der Waals surface area contributed by atoms with E-state index in [9.17, 15) is 24.0 Å². The Hall–Kier alpha value is -2.65. The smallest absolute Gasteiger partial charge is 0.303 e. The third-order valence-corrected chi connectivity index (χ3v) is 3.47. The number of hydrogen-bond donors (Lipinski definition) is 5. The van der Waals surface area contributed by atoms with Gasteiger partial charge < -0.3 is 27.2 Å². The standard InChI is InChI=1S/C16H28N4O6/c1-9(2)7-11(19-13(22)5-3-4-6-14(23)24)16(26)20-10(15(18)25)8-12(17)21/h9-11H,3-8H2,1-2H3,(H2,17,21)(H2,18,25)(H,19,22)(H,20,26)(H,23,24)/t10-,11-/m0/s1. The van der Waals surface area contributed by atoms with Crippen molar-refractivity contribution in [2.45, 2.75) is 64.5 Å². The zero-order valence-electron chi connectivity index (χ0n) is 15.1. The van der Waals surface area contributed by atoms with Crippen LogP contribution in [0.25, 0.3) is 0 Å². The van der Waals surface area contributed by atoms with E-state index in [2.05, 4.69) is 10.6 Å². The van der Waals surface area contributed by atoms with Gasteiger partial charge in [0, 0.05) is 12.8 Å².